The zero-order valence-corrected chi connectivity index (χ0v) is 12.4. The van der Waals surface area contributed by atoms with E-state index in [1.807, 2.05) is 24.4 Å². The van der Waals surface area contributed by atoms with E-state index < -0.39 is 5.56 Å². The van der Waals surface area contributed by atoms with Gasteiger partial charge in [0.1, 0.15) is 11.6 Å². The van der Waals surface area contributed by atoms with Crippen molar-refractivity contribution in [2.24, 2.45) is 0 Å². The third kappa shape index (κ3) is 2.09. The van der Waals surface area contributed by atoms with Crippen LogP contribution in [0.4, 0.5) is 0 Å². The average Bonchev–Trinajstić information content (AvgIpc) is 3.00. The highest BCUT2D eigenvalue weighted by molar-refractivity contribution is 5.78. The molecular formula is C17H11N5O2. The van der Waals surface area contributed by atoms with Crippen molar-refractivity contribution < 1.29 is 0 Å². The van der Waals surface area contributed by atoms with Gasteiger partial charge in [-0.05, 0) is 24.3 Å². The number of aromatic amines is 1. The molecule has 0 aromatic carbocycles. The van der Waals surface area contributed by atoms with Crippen molar-refractivity contribution in [3.63, 3.8) is 0 Å². The van der Waals surface area contributed by atoms with E-state index >= 15 is 0 Å². The molecule has 7 nitrogen and oxygen atoms in total. The molecule has 0 saturated heterocycles. The number of hydrogen-bond acceptors (Lipinski definition) is 4. The number of rotatable bonds is 2. The standard InChI is InChI=1S/C17H11N5O2/c18-8-11-7-13-14(20-16(11)23)4-6-21(17(13)24)10-12-9-19-22-5-2-1-3-15(12)22/h1-7,9H,10H2,(H,20,23). The molecule has 0 unspecified atom stereocenters. The quantitative estimate of drug-likeness (QED) is 0.602. The minimum absolute atomic E-state index is 0.0756. The van der Waals surface area contributed by atoms with Gasteiger partial charge in [0, 0.05) is 18.0 Å². The van der Waals surface area contributed by atoms with Crippen LogP contribution in [0.15, 0.2) is 58.5 Å². The van der Waals surface area contributed by atoms with E-state index in [0.717, 1.165) is 11.1 Å². The lowest BCUT2D eigenvalue weighted by atomic mass is 10.2. The SMILES string of the molecule is N#Cc1cc2c(=O)n(Cc3cnn4ccccc34)ccc2[nH]c1=O. The van der Waals surface area contributed by atoms with Crippen LogP contribution >= 0.6 is 0 Å². The van der Waals surface area contributed by atoms with E-state index in [1.54, 1.807) is 29.0 Å². The van der Waals surface area contributed by atoms with E-state index in [4.69, 9.17) is 5.26 Å². The number of pyridine rings is 3. The second-order valence-electron chi connectivity index (χ2n) is 5.40. The van der Waals surface area contributed by atoms with Gasteiger partial charge in [-0.3, -0.25) is 9.59 Å². The van der Waals surface area contributed by atoms with Crippen LogP contribution in [0.1, 0.15) is 11.1 Å². The van der Waals surface area contributed by atoms with Gasteiger partial charge in [0.25, 0.3) is 11.1 Å². The minimum atomic E-state index is -0.496. The molecule has 0 radical (unpaired) electrons. The Morgan fingerprint density at radius 3 is 2.92 bits per heavy atom. The number of H-pyrrole nitrogens is 1. The predicted molar refractivity (Wildman–Crippen MR) is 87.8 cm³/mol. The lowest BCUT2D eigenvalue weighted by molar-refractivity contribution is 0.771. The number of nitriles is 1. The Morgan fingerprint density at radius 2 is 2.08 bits per heavy atom. The fourth-order valence-electron chi connectivity index (χ4n) is 2.74. The zero-order chi connectivity index (χ0) is 16.7. The van der Waals surface area contributed by atoms with Crippen LogP contribution in [0.2, 0.25) is 0 Å². The zero-order valence-electron chi connectivity index (χ0n) is 12.4. The molecule has 116 valence electrons. The van der Waals surface area contributed by atoms with Crippen molar-refractivity contribution >= 4 is 16.4 Å². The number of nitrogens with one attached hydrogen (secondary N) is 1. The van der Waals surface area contributed by atoms with Crippen molar-refractivity contribution in [1.82, 2.24) is 19.2 Å². The van der Waals surface area contributed by atoms with Crippen molar-refractivity contribution in [3.8, 4) is 6.07 Å². The summed E-state index contributed by atoms with van der Waals surface area (Å²) in [6.45, 7) is 0.350. The summed E-state index contributed by atoms with van der Waals surface area (Å²) in [5.74, 6) is 0. The Labute approximate surface area is 135 Å². The molecule has 4 aromatic heterocycles. The Morgan fingerprint density at radius 1 is 1.21 bits per heavy atom. The molecule has 0 bridgehead atoms. The highest BCUT2D eigenvalue weighted by Gasteiger charge is 2.10. The van der Waals surface area contributed by atoms with E-state index in [-0.39, 0.29) is 11.1 Å². The van der Waals surface area contributed by atoms with Gasteiger partial charge < -0.3 is 9.55 Å². The lowest BCUT2D eigenvalue weighted by Gasteiger charge is -2.06. The van der Waals surface area contributed by atoms with E-state index in [1.165, 1.54) is 10.6 Å². The van der Waals surface area contributed by atoms with Gasteiger partial charge in [-0.25, -0.2) is 4.52 Å². The highest BCUT2D eigenvalue weighted by atomic mass is 16.1. The summed E-state index contributed by atoms with van der Waals surface area (Å²) in [5.41, 5.74) is 1.40. The summed E-state index contributed by atoms with van der Waals surface area (Å²) in [6, 6.07) is 10.5. The lowest BCUT2D eigenvalue weighted by Crippen LogP contribution is -2.22. The maximum atomic E-state index is 12.7. The van der Waals surface area contributed by atoms with Gasteiger partial charge in [0.05, 0.1) is 29.2 Å². The normalized spacial score (nSPS) is 11.0. The van der Waals surface area contributed by atoms with Crippen molar-refractivity contribution in [3.05, 3.63) is 80.8 Å². The maximum absolute atomic E-state index is 12.7. The predicted octanol–water partition coefficient (Wildman–Crippen LogP) is 1.26. The fraction of sp³-hybridized carbons (Fsp3) is 0.0588. The first-order valence-electron chi connectivity index (χ1n) is 7.25. The summed E-state index contributed by atoms with van der Waals surface area (Å²) in [7, 11) is 0. The Kier molecular flexibility index (Phi) is 3.03. The number of hydrogen-bond donors (Lipinski definition) is 1. The summed E-state index contributed by atoms with van der Waals surface area (Å²) in [5, 5.41) is 13.5. The monoisotopic (exact) mass is 317 g/mol. The van der Waals surface area contributed by atoms with Crippen LogP contribution in [-0.4, -0.2) is 19.2 Å². The first kappa shape index (κ1) is 14.0. The Bertz CT molecular complexity index is 1240. The molecule has 0 atom stereocenters. The van der Waals surface area contributed by atoms with Gasteiger partial charge in [-0.15, -0.1) is 0 Å². The molecule has 7 heteroatoms. The molecule has 0 fully saturated rings. The van der Waals surface area contributed by atoms with Crippen molar-refractivity contribution in [2.45, 2.75) is 6.54 Å². The number of nitrogens with zero attached hydrogens (tertiary/aromatic N) is 4. The molecule has 0 aliphatic rings. The largest absolute Gasteiger partial charge is 0.321 e. The maximum Gasteiger partial charge on any atom is 0.266 e. The second kappa shape index (κ2) is 5.21. The Hall–Kier alpha value is -3.66. The third-order valence-electron chi connectivity index (χ3n) is 3.95. The average molecular weight is 317 g/mol. The van der Waals surface area contributed by atoms with Crippen LogP contribution < -0.4 is 11.1 Å². The van der Waals surface area contributed by atoms with Crippen molar-refractivity contribution in [2.75, 3.05) is 0 Å². The first-order chi connectivity index (χ1) is 11.7. The first-order valence-corrected chi connectivity index (χ1v) is 7.25. The van der Waals surface area contributed by atoms with Crippen LogP contribution in [-0.2, 0) is 6.54 Å². The summed E-state index contributed by atoms with van der Waals surface area (Å²) < 4.78 is 3.28. The number of aromatic nitrogens is 4. The Balaban J connectivity index is 1.87. The summed E-state index contributed by atoms with van der Waals surface area (Å²) in [4.78, 5) is 26.9. The molecule has 0 amide bonds. The number of fused-ring (bicyclic) bond motifs is 2. The van der Waals surface area contributed by atoms with Gasteiger partial charge in [0.15, 0.2) is 0 Å². The van der Waals surface area contributed by atoms with E-state index in [2.05, 4.69) is 10.1 Å². The highest BCUT2D eigenvalue weighted by Crippen LogP contribution is 2.12. The topological polar surface area (TPSA) is 95.9 Å². The molecule has 0 aliphatic carbocycles. The van der Waals surface area contributed by atoms with Crippen LogP contribution in [0.25, 0.3) is 16.4 Å². The van der Waals surface area contributed by atoms with Crippen LogP contribution in [0, 0.1) is 11.3 Å². The molecule has 0 aliphatic heterocycles. The van der Waals surface area contributed by atoms with Crippen molar-refractivity contribution in [1.29, 1.82) is 5.26 Å². The van der Waals surface area contributed by atoms with Crippen LogP contribution in [0.3, 0.4) is 0 Å². The molecule has 4 heterocycles. The molecule has 24 heavy (non-hydrogen) atoms. The van der Waals surface area contributed by atoms with E-state index in [9.17, 15) is 9.59 Å². The molecule has 4 aromatic rings. The molecule has 0 saturated carbocycles. The molecule has 1 N–H and O–H groups in total. The van der Waals surface area contributed by atoms with Crippen LogP contribution in [0.5, 0.6) is 0 Å². The molecular weight excluding hydrogens is 306 g/mol. The molecule has 0 spiro atoms. The summed E-state index contributed by atoms with van der Waals surface area (Å²) >= 11 is 0. The van der Waals surface area contributed by atoms with E-state index in [0.29, 0.717) is 17.4 Å². The second-order valence-corrected chi connectivity index (χ2v) is 5.40. The van der Waals surface area contributed by atoms with Gasteiger partial charge in [-0.2, -0.15) is 10.4 Å². The smallest absolute Gasteiger partial charge is 0.266 e. The minimum Gasteiger partial charge on any atom is -0.321 e. The molecule has 4 rings (SSSR count). The summed E-state index contributed by atoms with van der Waals surface area (Å²) in [6.07, 6.45) is 5.19. The van der Waals surface area contributed by atoms with Gasteiger partial charge in [0.2, 0.25) is 0 Å². The van der Waals surface area contributed by atoms with Gasteiger partial charge >= 0.3 is 0 Å². The van der Waals surface area contributed by atoms with Gasteiger partial charge in [-0.1, -0.05) is 6.07 Å². The fourth-order valence-corrected chi connectivity index (χ4v) is 2.74. The third-order valence-corrected chi connectivity index (χ3v) is 3.95.